The van der Waals surface area contributed by atoms with E-state index in [0.29, 0.717) is 5.75 Å². The lowest BCUT2D eigenvalue weighted by molar-refractivity contribution is 0.170. The zero-order valence-corrected chi connectivity index (χ0v) is 13.0. The van der Waals surface area contributed by atoms with E-state index in [9.17, 15) is 4.79 Å². The quantitative estimate of drug-likeness (QED) is 0.871. The molecule has 1 aliphatic heterocycles. The number of nitrogens with zero attached hydrogens (tertiary/aromatic N) is 3. The first kappa shape index (κ1) is 14.6. The van der Waals surface area contributed by atoms with Crippen molar-refractivity contribution in [2.45, 2.75) is 25.9 Å². The maximum Gasteiger partial charge on any atom is 0.254 e. The Morgan fingerprint density at radius 1 is 1.23 bits per heavy atom. The molecule has 2 aromatic heterocycles. The standard InChI is InChI=1S/C17H21N3O2/c1-13-11-15(12-17(21)19(13)2)22-14-6-9-20(10-7-14)16-5-3-4-8-18-16/h3-5,8,11-12,14H,6-7,9-10H2,1-2H3. The second-order valence-corrected chi connectivity index (χ2v) is 5.72. The minimum Gasteiger partial charge on any atom is -0.490 e. The van der Waals surface area contributed by atoms with Crippen LogP contribution >= 0.6 is 0 Å². The first-order valence-electron chi connectivity index (χ1n) is 7.64. The van der Waals surface area contributed by atoms with Crippen molar-refractivity contribution in [1.82, 2.24) is 9.55 Å². The van der Waals surface area contributed by atoms with Crippen LogP contribution < -0.4 is 15.2 Å². The maximum atomic E-state index is 11.8. The highest BCUT2D eigenvalue weighted by Crippen LogP contribution is 2.21. The highest BCUT2D eigenvalue weighted by molar-refractivity contribution is 5.38. The van der Waals surface area contributed by atoms with Crippen molar-refractivity contribution in [3.63, 3.8) is 0 Å². The van der Waals surface area contributed by atoms with Crippen molar-refractivity contribution in [2.24, 2.45) is 7.05 Å². The number of ether oxygens (including phenoxy) is 1. The van der Waals surface area contributed by atoms with Gasteiger partial charge in [-0.3, -0.25) is 4.79 Å². The Hall–Kier alpha value is -2.30. The van der Waals surface area contributed by atoms with Gasteiger partial charge in [0.25, 0.3) is 5.56 Å². The van der Waals surface area contributed by atoms with Gasteiger partial charge in [-0.2, -0.15) is 0 Å². The monoisotopic (exact) mass is 299 g/mol. The second kappa shape index (κ2) is 6.22. The highest BCUT2D eigenvalue weighted by atomic mass is 16.5. The molecule has 1 saturated heterocycles. The number of piperidine rings is 1. The summed E-state index contributed by atoms with van der Waals surface area (Å²) in [5.41, 5.74) is 0.884. The van der Waals surface area contributed by atoms with Crippen LogP contribution in [0.1, 0.15) is 18.5 Å². The summed E-state index contributed by atoms with van der Waals surface area (Å²) in [6.45, 7) is 3.76. The Bertz CT molecular complexity index is 689. The number of pyridine rings is 2. The summed E-state index contributed by atoms with van der Waals surface area (Å²) in [4.78, 5) is 18.5. The lowest BCUT2D eigenvalue weighted by Crippen LogP contribution is -2.38. The first-order chi connectivity index (χ1) is 10.6. The molecule has 0 amide bonds. The predicted octanol–water partition coefficient (Wildman–Crippen LogP) is 2.14. The summed E-state index contributed by atoms with van der Waals surface area (Å²) in [6.07, 6.45) is 3.85. The molecular weight excluding hydrogens is 278 g/mol. The van der Waals surface area contributed by atoms with E-state index in [0.717, 1.165) is 37.4 Å². The molecule has 0 saturated carbocycles. The maximum absolute atomic E-state index is 11.8. The molecule has 2 aromatic rings. The fourth-order valence-electron chi connectivity index (χ4n) is 2.74. The zero-order valence-electron chi connectivity index (χ0n) is 13.0. The van der Waals surface area contributed by atoms with Gasteiger partial charge in [0, 0.05) is 50.9 Å². The minimum absolute atomic E-state index is 0.0269. The van der Waals surface area contributed by atoms with E-state index in [1.54, 1.807) is 17.7 Å². The van der Waals surface area contributed by atoms with Gasteiger partial charge in [0.15, 0.2) is 0 Å². The predicted molar refractivity (Wildman–Crippen MR) is 86.5 cm³/mol. The Balaban J connectivity index is 1.62. The van der Waals surface area contributed by atoms with Gasteiger partial charge in [-0.15, -0.1) is 0 Å². The molecule has 1 fully saturated rings. The Morgan fingerprint density at radius 2 is 2.00 bits per heavy atom. The van der Waals surface area contributed by atoms with Crippen LogP contribution in [0.5, 0.6) is 5.75 Å². The summed E-state index contributed by atoms with van der Waals surface area (Å²) in [6, 6.07) is 9.46. The molecule has 3 heterocycles. The Morgan fingerprint density at radius 3 is 2.64 bits per heavy atom. The van der Waals surface area contributed by atoms with Crippen LogP contribution in [0, 0.1) is 6.92 Å². The Labute approximate surface area is 130 Å². The van der Waals surface area contributed by atoms with E-state index in [-0.39, 0.29) is 11.7 Å². The van der Waals surface area contributed by atoms with Crippen LogP contribution in [-0.2, 0) is 7.05 Å². The largest absolute Gasteiger partial charge is 0.490 e. The van der Waals surface area contributed by atoms with Crippen molar-refractivity contribution >= 4 is 5.82 Å². The number of anilines is 1. The summed E-state index contributed by atoms with van der Waals surface area (Å²) in [7, 11) is 1.77. The van der Waals surface area contributed by atoms with Crippen LogP contribution in [0.4, 0.5) is 5.82 Å². The van der Waals surface area contributed by atoms with E-state index < -0.39 is 0 Å². The van der Waals surface area contributed by atoms with E-state index in [2.05, 4.69) is 9.88 Å². The Kier molecular flexibility index (Phi) is 4.13. The third kappa shape index (κ3) is 3.13. The van der Waals surface area contributed by atoms with Crippen molar-refractivity contribution in [3.8, 4) is 5.75 Å². The third-order valence-corrected chi connectivity index (χ3v) is 4.19. The fraction of sp³-hybridized carbons (Fsp3) is 0.412. The molecule has 5 heteroatoms. The lowest BCUT2D eigenvalue weighted by Gasteiger charge is -2.33. The van der Waals surface area contributed by atoms with Gasteiger partial charge in [0.05, 0.1) is 0 Å². The van der Waals surface area contributed by atoms with E-state index >= 15 is 0 Å². The van der Waals surface area contributed by atoms with Crippen LogP contribution in [-0.4, -0.2) is 28.7 Å². The number of aryl methyl sites for hydroxylation is 1. The van der Waals surface area contributed by atoms with Gasteiger partial charge in [-0.1, -0.05) is 6.07 Å². The zero-order chi connectivity index (χ0) is 15.5. The van der Waals surface area contributed by atoms with Gasteiger partial charge in [-0.25, -0.2) is 4.98 Å². The molecule has 0 N–H and O–H groups in total. The molecule has 0 spiro atoms. The van der Waals surface area contributed by atoms with Crippen molar-refractivity contribution in [1.29, 1.82) is 0 Å². The second-order valence-electron chi connectivity index (χ2n) is 5.72. The molecule has 116 valence electrons. The number of aromatic nitrogens is 2. The molecule has 0 unspecified atom stereocenters. The molecule has 5 nitrogen and oxygen atoms in total. The SMILES string of the molecule is Cc1cc(OC2CCN(c3ccccn3)CC2)cc(=O)n1C. The van der Waals surface area contributed by atoms with Crippen molar-refractivity contribution < 1.29 is 4.74 Å². The topological polar surface area (TPSA) is 47.4 Å². The van der Waals surface area contributed by atoms with Crippen LogP contribution in [0.25, 0.3) is 0 Å². The van der Waals surface area contributed by atoms with E-state index in [1.165, 1.54) is 0 Å². The summed E-state index contributed by atoms with van der Waals surface area (Å²) < 4.78 is 7.62. The number of rotatable bonds is 3. The normalized spacial score (nSPS) is 15.8. The summed E-state index contributed by atoms with van der Waals surface area (Å²) in [5, 5.41) is 0. The molecule has 0 radical (unpaired) electrons. The molecule has 3 rings (SSSR count). The van der Waals surface area contributed by atoms with Crippen LogP contribution in [0.15, 0.2) is 41.3 Å². The highest BCUT2D eigenvalue weighted by Gasteiger charge is 2.21. The van der Waals surface area contributed by atoms with E-state index in [4.69, 9.17) is 4.74 Å². The van der Waals surface area contributed by atoms with Gasteiger partial charge in [0.1, 0.15) is 17.7 Å². The molecular formula is C17H21N3O2. The average molecular weight is 299 g/mol. The van der Waals surface area contributed by atoms with Gasteiger partial charge in [0.2, 0.25) is 0 Å². The molecule has 22 heavy (non-hydrogen) atoms. The number of hydrogen-bond acceptors (Lipinski definition) is 4. The van der Waals surface area contributed by atoms with Gasteiger partial charge >= 0.3 is 0 Å². The molecule has 1 aliphatic rings. The van der Waals surface area contributed by atoms with Gasteiger partial charge in [-0.05, 0) is 25.1 Å². The number of hydrogen-bond donors (Lipinski definition) is 0. The smallest absolute Gasteiger partial charge is 0.254 e. The summed E-state index contributed by atoms with van der Waals surface area (Å²) >= 11 is 0. The molecule has 0 aromatic carbocycles. The van der Waals surface area contributed by atoms with Crippen LogP contribution in [0.2, 0.25) is 0 Å². The minimum atomic E-state index is -0.0269. The van der Waals surface area contributed by atoms with E-state index in [1.807, 2.05) is 37.4 Å². The fourth-order valence-corrected chi connectivity index (χ4v) is 2.74. The molecule has 0 bridgehead atoms. The summed E-state index contributed by atoms with van der Waals surface area (Å²) in [5.74, 6) is 1.70. The third-order valence-electron chi connectivity index (χ3n) is 4.19. The molecule has 0 atom stereocenters. The van der Waals surface area contributed by atoms with Crippen LogP contribution in [0.3, 0.4) is 0 Å². The first-order valence-corrected chi connectivity index (χ1v) is 7.64. The van der Waals surface area contributed by atoms with Gasteiger partial charge < -0.3 is 14.2 Å². The average Bonchev–Trinajstić information content (AvgIpc) is 2.54. The lowest BCUT2D eigenvalue weighted by atomic mass is 10.1. The molecule has 0 aliphatic carbocycles. The van der Waals surface area contributed by atoms with Crippen molar-refractivity contribution in [2.75, 3.05) is 18.0 Å². The van der Waals surface area contributed by atoms with Crippen molar-refractivity contribution in [3.05, 3.63) is 52.6 Å².